The van der Waals surface area contributed by atoms with E-state index in [2.05, 4.69) is 15.4 Å². The van der Waals surface area contributed by atoms with Crippen LogP contribution in [0.2, 0.25) is 0 Å². The van der Waals surface area contributed by atoms with Crippen LogP contribution in [0.1, 0.15) is 55.1 Å². The Labute approximate surface area is 206 Å². The number of imidazole rings is 1. The first kappa shape index (κ1) is 23.7. The van der Waals surface area contributed by atoms with Gasteiger partial charge < -0.3 is 19.7 Å². The lowest BCUT2D eigenvalue weighted by Crippen LogP contribution is -2.34. The van der Waals surface area contributed by atoms with Crippen molar-refractivity contribution in [2.45, 2.75) is 45.1 Å². The third-order valence-corrected chi connectivity index (χ3v) is 6.22. The van der Waals surface area contributed by atoms with Crippen LogP contribution in [0.3, 0.4) is 0 Å². The fourth-order valence-electron chi connectivity index (χ4n) is 4.38. The first-order valence-corrected chi connectivity index (χ1v) is 11.9. The van der Waals surface area contributed by atoms with E-state index in [1.807, 2.05) is 0 Å². The van der Waals surface area contributed by atoms with Crippen molar-refractivity contribution in [2.75, 3.05) is 25.0 Å². The number of ether oxygens (including phenoxy) is 2. The molecule has 1 aliphatic carbocycles. The number of carbonyl (C=O) groups excluding carboxylic acids is 3. The number of hydrogen-bond donors (Lipinski definition) is 1. The van der Waals surface area contributed by atoms with Crippen molar-refractivity contribution in [2.24, 2.45) is 0 Å². The standard InChI is InChI=1S/C25H26FN5O5/c1-3-35-24(33)21-11-19(15-4-5-15)23-28-22(13-31(23)29-21)18-7-6-16(10-20(18)26)27-25(34)30-9-8-17(12-30)36-14(2)32/h6-7,10-11,13,15,17H,3-5,8-9,12H2,1-2H3,(H,27,34). The van der Waals surface area contributed by atoms with Crippen molar-refractivity contribution >= 4 is 29.3 Å². The van der Waals surface area contributed by atoms with Crippen molar-refractivity contribution in [3.63, 3.8) is 0 Å². The van der Waals surface area contributed by atoms with E-state index < -0.39 is 17.8 Å². The van der Waals surface area contributed by atoms with E-state index in [-0.39, 0.29) is 42.4 Å². The van der Waals surface area contributed by atoms with Crippen molar-refractivity contribution in [3.05, 3.63) is 47.5 Å². The molecule has 1 atom stereocenters. The Kier molecular flexibility index (Phi) is 6.29. The number of benzene rings is 1. The van der Waals surface area contributed by atoms with Gasteiger partial charge in [-0.1, -0.05) is 0 Å². The lowest BCUT2D eigenvalue weighted by Gasteiger charge is -2.17. The summed E-state index contributed by atoms with van der Waals surface area (Å²) < 4.78 is 26.8. The topological polar surface area (TPSA) is 115 Å². The van der Waals surface area contributed by atoms with Gasteiger partial charge >= 0.3 is 18.0 Å². The second-order valence-electron chi connectivity index (χ2n) is 8.96. The molecule has 2 fully saturated rings. The van der Waals surface area contributed by atoms with E-state index >= 15 is 4.39 Å². The molecule has 2 amide bonds. The number of urea groups is 1. The van der Waals surface area contributed by atoms with Crippen LogP contribution < -0.4 is 5.32 Å². The Hall–Kier alpha value is -4.02. The number of carbonyl (C=O) groups is 3. The quantitative estimate of drug-likeness (QED) is 0.518. The van der Waals surface area contributed by atoms with Gasteiger partial charge in [-0.25, -0.2) is 23.5 Å². The zero-order chi connectivity index (χ0) is 25.4. The summed E-state index contributed by atoms with van der Waals surface area (Å²) in [7, 11) is 0. The molecule has 1 aliphatic heterocycles. The summed E-state index contributed by atoms with van der Waals surface area (Å²) in [4.78, 5) is 42.1. The third kappa shape index (κ3) is 4.86. The van der Waals surface area contributed by atoms with Crippen LogP contribution in [-0.4, -0.2) is 63.3 Å². The van der Waals surface area contributed by atoms with E-state index in [9.17, 15) is 14.4 Å². The predicted molar refractivity (Wildman–Crippen MR) is 127 cm³/mol. The van der Waals surface area contributed by atoms with Crippen molar-refractivity contribution in [3.8, 4) is 11.3 Å². The minimum absolute atomic E-state index is 0.187. The maximum absolute atomic E-state index is 15.1. The molecule has 1 aromatic carbocycles. The van der Waals surface area contributed by atoms with E-state index in [0.29, 0.717) is 30.0 Å². The van der Waals surface area contributed by atoms with Gasteiger partial charge in [-0.3, -0.25) is 4.79 Å². The Morgan fingerprint density at radius 3 is 2.69 bits per heavy atom. The molecule has 1 N–H and O–H groups in total. The first-order chi connectivity index (χ1) is 17.3. The molecule has 1 saturated carbocycles. The molecular weight excluding hydrogens is 469 g/mol. The monoisotopic (exact) mass is 495 g/mol. The number of hydrogen-bond acceptors (Lipinski definition) is 7. The zero-order valence-corrected chi connectivity index (χ0v) is 20.0. The molecule has 5 rings (SSSR count). The maximum atomic E-state index is 15.1. The number of nitrogens with one attached hydrogen (secondary N) is 1. The van der Waals surface area contributed by atoms with Gasteiger partial charge in [0.25, 0.3) is 0 Å². The van der Waals surface area contributed by atoms with Gasteiger partial charge in [0, 0.05) is 36.7 Å². The second kappa shape index (κ2) is 9.56. The number of nitrogens with zero attached hydrogens (tertiary/aromatic N) is 4. The van der Waals surface area contributed by atoms with E-state index in [1.54, 1.807) is 31.3 Å². The van der Waals surface area contributed by atoms with Gasteiger partial charge in [-0.2, -0.15) is 5.10 Å². The minimum atomic E-state index is -0.561. The number of amides is 2. The molecule has 2 aromatic heterocycles. The molecule has 3 aromatic rings. The van der Waals surface area contributed by atoms with E-state index in [4.69, 9.17) is 9.47 Å². The number of halogens is 1. The van der Waals surface area contributed by atoms with Crippen LogP contribution in [-0.2, 0) is 14.3 Å². The molecule has 3 heterocycles. The van der Waals surface area contributed by atoms with E-state index in [0.717, 1.165) is 18.4 Å². The van der Waals surface area contributed by atoms with Gasteiger partial charge in [0.15, 0.2) is 11.3 Å². The normalized spacial score (nSPS) is 17.3. The van der Waals surface area contributed by atoms with Crippen LogP contribution in [0.15, 0.2) is 30.5 Å². The molecule has 0 spiro atoms. The number of likely N-dealkylation sites (tertiary alicyclic amines) is 1. The Morgan fingerprint density at radius 2 is 2.00 bits per heavy atom. The highest BCUT2D eigenvalue weighted by Gasteiger charge is 2.30. The average Bonchev–Trinajstić information content (AvgIpc) is 3.42. The van der Waals surface area contributed by atoms with Crippen LogP contribution >= 0.6 is 0 Å². The molecule has 0 radical (unpaired) electrons. The molecule has 188 valence electrons. The summed E-state index contributed by atoms with van der Waals surface area (Å²) in [6.07, 6.45) is 3.79. The SMILES string of the molecule is CCOC(=O)c1cc(C2CC2)c2nc(-c3ccc(NC(=O)N4CCC(OC(C)=O)C4)cc3F)cn2n1. The predicted octanol–water partition coefficient (Wildman–Crippen LogP) is 3.76. The highest BCUT2D eigenvalue weighted by atomic mass is 19.1. The highest BCUT2D eigenvalue weighted by Crippen LogP contribution is 2.42. The average molecular weight is 496 g/mol. The number of esters is 2. The van der Waals surface area contributed by atoms with Crippen LogP contribution in [0, 0.1) is 5.82 Å². The molecule has 0 bridgehead atoms. The van der Waals surface area contributed by atoms with Gasteiger partial charge in [-0.05, 0) is 49.9 Å². The van der Waals surface area contributed by atoms with Crippen LogP contribution in [0.4, 0.5) is 14.9 Å². The number of rotatable bonds is 6. The molecule has 36 heavy (non-hydrogen) atoms. The van der Waals surface area contributed by atoms with E-state index in [1.165, 1.54) is 22.4 Å². The highest BCUT2D eigenvalue weighted by molar-refractivity contribution is 5.90. The zero-order valence-electron chi connectivity index (χ0n) is 20.0. The van der Waals surface area contributed by atoms with Crippen LogP contribution in [0.25, 0.3) is 16.9 Å². The summed E-state index contributed by atoms with van der Waals surface area (Å²) >= 11 is 0. The van der Waals surface area contributed by atoms with Crippen LogP contribution in [0.5, 0.6) is 0 Å². The summed E-state index contributed by atoms with van der Waals surface area (Å²) in [6.45, 7) is 4.03. The number of aromatic nitrogens is 3. The summed E-state index contributed by atoms with van der Waals surface area (Å²) in [5, 5.41) is 7.01. The summed E-state index contributed by atoms with van der Waals surface area (Å²) in [5.74, 6) is -1.18. The lowest BCUT2D eigenvalue weighted by atomic mass is 10.1. The van der Waals surface area contributed by atoms with Gasteiger partial charge in [-0.15, -0.1) is 0 Å². The molecule has 2 aliphatic rings. The number of anilines is 1. The maximum Gasteiger partial charge on any atom is 0.358 e. The Balaban J connectivity index is 1.36. The van der Waals surface area contributed by atoms with Gasteiger partial charge in [0.05, 0.1) is 25.0 Å². The minimum Gasteiger partial charge on any atom is -0.461 e. The molecule has 10 nitrogen and oxygen atoms in total. The molecule has 11 heteroatoms. The molecule has 1 saturated heterocycles. The molecule has 1 unspecified atom stereocenters. The van der Waals surface area contributed by atoms with Crippen molar-refractivity contribution < 1.29 is 28.2 Å². The largest absolute Gasteiger partial charge is 0.461 e. The molecular formula is C25H26FN5O5. The van der Waals surface area contributed by atoms with Crippen molar-refractivity contribution in [1.29, 1.82) is 0 Å². The first-order valence-electron chi connectivity index (χ1n) is 11.9. The lowest BCUT2D eigenvalue weighted by molar-refractivity contribution is -0.145. The van der Waals surface area contributed by atoms with Crippen molar-refractivity contribution in [1.82, 2.24) is 19.5 Å². The second-order valence-corrected chi connectivity index (χ2v) is 8.96. The smallest absolute Gasteiger partial charge is 0.358 e. The summed E-state index contributed by atoms with van der Waals surface area (Å²) in [5.41, 5.74) is 2.56. The fraction of sp³-hybridized carbons (Fsp3) is 0.400. The summed E-state index contributed by atoms with van der Waals surface area (Å²) in [6, 6.07) is 5.69. The van der Waals surface area contributed by atoms with Gasteiger partial charge in [0.1, 0.15) is 11.9 Å². The Bertz CT molecular complexity index is 1350. The third-order valence-electron chi connectivity index (χ3n) is 6.22. The van der Waals surface area contributed by atoms with Gasteiger partial charge in [0.2, 0.25) is 0 Å². The number of fused-ring (bicyclic) bond motifs is 1. The fourth-order valence-corrected chi connectivity index (χ4v) is 4.38. The Morgan fingerprint density at radius 1 is 1.19 bits per heavy atom.